The molecule has 0 unspecified atom stereocenters. The lowest BCUT2D eigenvalue weighted by Gasteiger charge is -1.98. The molecule has 0 radical (unpaired) electrons. The predicted molar refractivity (Wildman–Crippen MR) is 41.5 cm³/mol. The van der Waals surface area contributed by atoms with Crippen LogP contribution in [-0.2, 0) is 11.2 Å². The van der Waals surface area contributed by atoms with Crippen LogP contribution in [-0.4, -0.2) is 23.0 Å². The van der Waals surface area contributed by atoms with E-state index in [0.29, 0.717) is 11.6 Å². The summed E-state index contributed by atoms with van der Waals surface area (Å²) in [5.41, 5.74) is 5.50. The predicted octanol–water partition coefficient (Wildman–Crippen LogP) is -0.487. The monoisotopic (exact) mass is 167 g/mol. The molecule has 0 atom stereocenters. The number of carbonyl (C=O) groups excluding carboxylic acids is 1. The van der Waals surface area contributed by atoms with Gasteiger partial charge in [0.05, 0.1) is 31.6 Å². The Morgan fingerprint density at radius 2 is 2.33 bits per heavy atom. The summed E-state index contributed by atoms with van der Waals surface area (Å²) >= 11 is 0. The van der Waals surface area contributed by atoms with E-state index in [9.17, 15) is 4.79 Å². The van der Waals surface area contributed by atoms with Crippen molar-refractivity contribution in [1.82, 2.24) is 9.97 Å². The van der Waals surface area contributed by atoms with E-state index in [0.717, 1.165) is 0 Å². The van der Waals surface area contributed by atoms with E-state index < -0.39 is 5.91 Å². The number of amides is 1. The van der Waals surface area contributed by atoms with Crippen molar-refractivity contribution < 1.29 is 9.53 Å². The molecule has 0 saturated carbocycles. The van der Waals surface area contributed by atoms with Crippen molar-refractivity contribution in [2.24, 2.45) is 5.73 Å². The molecular formula is C7H9N3O2. The van der Waals surface area contributed by atoms with E-state index >= 15 is 0 Å². The number of hydrogen-bond donors (Lipinski definition) is 1. The maximum Gasteiger partial charge on any atom is 0.231 e. The Hall–Kier alpha value is -1.65. The van der Waals surface area contributed by atoms with Crippen molar-refractivity contribution in [2.75, 3.05) is 7.11 Å². The SMILES string of the molecule is COc1cnc(CC(N)=O)cn1. The second kappa shape index (κ2) is 3.66. The molecule has 0 aliphatic carbocycles. The van der Waals surface area contributed by atoms with Crippen molar-refractivity contribution in [3.8, 4) is 5.88 Å². The highest BCUT2D eigenvalue weighted by molar-refractivity contribution is 5.75. The van der Waals surface area contributed by atoms with Gasteiger partial charge in [-0.3, -0.25) is 9.78 Å². The second-order valence-corrected chi connectivity index (χ2v) is 2.19. The molecule has 0 aliphatic heterocycles. The lowest BCUT2D eigenvalue weighted by molar-refractivity contribution is -0.117. The third-order valence-electron chi connectivity index (χ3n) is 1.25. The Balaban J connectivity index is 2.71. The third kappa shape index (κ3) is 2.19. The van der Waals surface area contributed by atoms with Crippen LogP contribution in [0.4, 0.5) is 0 Å². The van der Waals surface area contributed by atoms with Gasteiger partial charge in [0, 0.05) is 0 Å². The lowest BCUT2D eigenvalue weighted by atomic mass is 10.3. The zero-order valence-electron chi connectivity index (χ0n) is 6.65. The lowest BCUT2D eigenvalue weighted by Crippen LogP contribution is -2.14. The third-order valence-corrected chi connectivity index (χ3v) is 1.25. The van der Waals surface area contributed by atoms with Crippen LogP contribution >= 0.6 is 0 Å². The van der Waals surface area contributed by atoms with Crippen molar-refractivity contribution in [3.63, 3.8) is 0 Å². The molecule has 0 fully saturated rings. The van der Waals surface area contributed by atoms with Crippen molar-refractivity contribution in [3.05, 3.63) is 18.1 Å². The number of ether oxygens (including phenoxy) is 1. The first kappa shape index (κ1) is 8.45. The summed E-state index contributed by atoms with van der Waals surface area (Å²) in [6.45, 7) is 0. The van der Waals surface area contributed by atoms with E-state index in [1.807, 2.05) is 0 Å². The summed E-state index contributed by atoms with van der Waals surface area (Å²) in [6.07, 6.45) is 3.01. The first-order valence-electron chi connectivity index (χ1n) is 3.35. The van der Waals surface area contributed by atoms with E-state index in [2.05, 4.69) is 9.97 Å². The van der Waals surface area contributed by atoms with Crippen LogP contribution in [0, 0.1) is 0 Å². The van der Waals surface area contributed by atoms with Gasteiger partial charge < -0.3 is 10.5 Å². The molecule has 64 valence electrons. The maximum absolute atomic E-state index is 10.4. The summed E-state index contributed by atoms with van der Waals surface area (Å²) in [7, 11) is 1.50. The topological polar surface area (TPSA) is 78.1 Å². The summed E-state index contributed by atoms with van der Waals surface area (Å²) in [4.78, 5) is 18.2. The van der Waals surface area contributed by atoms with Crippen molar-refractivity contribution in [1.29, 1.82) is 0 Å². The Bertz CT molecular complexity index is 270. The zero-order valence-corrected chi connectivity index (χ0v) is 6.65. The average Bonchev–Trinajstić information content (AvgIpc) is 2.05. The van der Waals surface area contributed by atoms with Gasteiger partial charge in [0.15, 0.2) is 0 Å². The quantitative estimate of drug-likeness (QED) is 0.659. The molecule has 2 N–H and O–H groups in total. The second-order valence-electron chi connectivity index (χ2n) is 2.19. The van der Waals surface area contributed by atoms with Gasteiger partial charge in [-0.2, -0.15) is 0 Å². The molecule has 1 amide bonds. The Kier molecular flexibility index (Phi) is 2.57. The van der Waals surface area contributed by atoms with Crippen LogP contribution in [0.15, 0.2) is 12.4 Å². The molecule has 1 heterocycles. The summed E-state index contributed by atoms with van der Waals surface area (Å²) < 4.78 is 4.78. The fraction of sp³-hybridized carbons (Fsp3) is 0.286. The number of nitrogens with two attached hydrogens (primary N) is 1. The van der Waals surface area contributed by atoms with Crippen molar-refractivity contribution in [2.45, 2.75) is 6.42 Å². The van der Waals surface area contributed by atoms with Crippen LogP contribution in [0.5, 0.6) is 5.88 Å². The van der Waals surface area contributed by atoms with Crippen LogP contribution < -0.4 is 10.5 Å². The first-order valence-corrected chi connectivity index (χ1v) is 3.35. The molecule has 1 aromatic heterocycles. The van der Waals surface area contributed by atoms with Crippen LogP contribution in [0.1, 0.15) is 5.69 Å². The standard InChI is InChI=1S/C7H9N3O2/c1-12-7-4-9-5(3-10-7)2-6(8)11/h3-4H,2H2,1H3,(H2,8,11). The number of nitrogens with zero attached hydrogens (tertiary/aromatic N) is 2. The summed E-state index contributed by atoms with van der Waals surface area (Å²) in [5, 5.41) is 0. The molecule has 1 rings (SSSR count). The highest BCUT2D eigenvalue weighted by Crippen LogP contribution is 2.02. The molecule has 5 nitrogen and oxygen atoms in total. The summed E-state index contributed by atoms with van der Waals surface area (Å²) in [6, 6.07) is 0. The Morgan fingerprint density at radius 1 is 1.58 bits per heavy atom. The number of hydrogen-bond acceptors (Lipinski definition) is 4. The Labute approximate surface area is 69.6 Å². The largest absolute Gasteiger partial charge is 0.480 e. The van der Waals surface area contributed by atoms with Gasteiger partial charge in [0.2, 0.25) is 11.8 Å². The number of aromatic nitrogens is 2. The minimum Gasteiger partial charge on any atom is -0.480 e. The van der Waals surface area contributed by atoms with Crippen LogP contribution in [0.3, 0.4) is 0 Å². The van der Waals surface area contributed by atoms with Gasteiger partial charge in [-0.1, -0.05) is 0 Å². The molecule has 1 aromatic rings. The average molecular weight is 167 g/mol. The highest BCUT2D eigenvalue weighted by Gasteiger charge is 2.00. The van der Waals surface area contributed by atoms with Gasteiger partial charge in [-0.15, -0.1) is 0 Å². The van der Waals surface area contributed by atoms with Gasteiger partial charge in [-0.25, -0.2) is 4.98 Å². The number of carbonyl (C=O) groups is 1. The van der Waals surface area contributed by atoms with Crippen molar-refractivity contribution >= 4 is 5.91 Å². The molecule has 0 aliphatic rings. The smallest absolute Gasteiger partial charge is 0.231 e. The molecule has 0 spiro atoms. The van der Waals surface area contributed by atoms with Crippen LogP contribution in [0.2, 0.25) is 0 Å². The minimum absolute atomic E-state index is 0.108. The molecule has 0 saturated heterocycles. The van der Waals surface area contributed by atoms with E-state index in [-0.39, 0.29) is 6.42 Å². The fourth-order valence-corrected chi connectivity index (χ4v) is 0.718. The van der Waals surface area contributed by atoms with Gasteiger partial charge in [-0.05, 0) is 0 Å². The molecule has 12 heavy (non-hydrogen) atoms. The maximum atomic E-state index is 10.4. The van der Waals surface area contributed by atoms with E-state index in [1.54, 1.807) is 0 Å². The van der Waals surface area contributed by atoms with E-state index in [4.69, 9.17) is 10.5 Å². The molecular weight excluding hydrogens is 158 g/mol. The molecule has 0 aromatic carbocycles. The first-order chi connectivity index (χ1) is 5.72. The number of primary amides is 1. The molecule has 0 bridgehead atoms. The minimum atomic E-state index is -0.422. The molecule has 5 heteroatoms. The highest BCUT2D eigenvalue weighted by atomic mass is 16.5. The van der Waals surface area contributed by atoms with Gasteiger partial charge >= 0.3 is 0 Å². The fourth-order valence-electron chi connectivity index (χ4n) is 0.718. The van der Waals surface area contributed by atoms with E-state index in [1.165, 1.54) is 19.5 Å². The number of rotatable bonds is 3. The van der Waals surface area contributed by atoms with Crippen LogP contribution in [0.25, 0.3) is 0 Å². The Morgan fingerprint density at radius 3 is 2.75 bits per heavy atom. The van der Waals surface area contributed by atoms with Gasteiger partial charge in [0.25, 0.3) is 0 Å². The number of methoxy groups -OCH3 is 1. The zero-order chi connectivity index (χ0) is 8.97. The summed E-state index contributed by atoms with van der Waals surface area (Å²) in [5.74, 6) is -0.00214. The van der Waals surface area contributed by atoms with Gasteiger partial charge in [0.1, 0.15) is 0 Å². The normalized spacial score (nSPS) is 9.42.